The van der Waals surface area contributed by atoms with E-state index in [1.54, 1.807) is 11.8 Å². The largest absolute Gasteiger partial charge is 0.324 e. The van der Waals surface area contributed by atoms with E-state index in [2.05, 4.69) is 5.32 Å². The fourth-order valence-corrected chi connectivity index (χ4v) is 5.30. The summed E-state index contributed by atoms with van der Waals surface area (Å²) in [5, 5.41) is 2.18. The minimum Gasteiger partial charge on any atom is -0.324 e. The van der Waals surface area contributed by atoms with E-state index in [4.69, 9.17) is 11.6 Å². The molecule has 4 nitrogen and oxygen atoms in total. The quantitative estimate of drug-likeness (QED) is 0.790. The van der Waals surface area contributed by atoms with Gasteiger partial charge in [0.25, 0.3) is 12.0 Å². The molecular formula is C13H14ClF3N2O2S2. The molecule has 3 unspecified atom stereocenters. The Morgan fingerprint density at radius 2 is 2.30 bits per heavy atom. The van der Waals surface area contributed by atoms with Crippen molar-refractivity contribution in [3.63, 3.8) is 0 Å². The van der Waals surface area contributed by atoms with Crippen molar-refractivity contribution in [2.45, 2.75) is 34.6 Å². The maximum atomic E-state index is 13.5. The van der Waals surface area contributed by atoms with Crippen molar-refractivity contribution in [3.8, 4) is 0 Å². The number of pyridine rings is 1. The van der Waals surface area contributed by atoms with Crippen LogP contribution in [0.4, 0.5) is 18.9 Å². The number of hydrogen-bond acceptors (Lipinski definition) is 4. The van der Waals surface area contributed by atoms with Gasteiger partial charge in [-0.25, -0.2) is 13.2 Å². The summed E-state index contributed by atoms with van der Waals surface area (Å²) >= 11 is 8.98. The number of nitrogens with one attached hydrogen (secondary N) is 1. The van der Waals surface area contributed by atoms with E-state index in [9.17, 15) is 22.8 Å². The van der Waals surface area contributed by atoms with Crippen LogP contribution < -0.4 is 10.9 Å². The molecule has 2 rings (SSSR count). The molecule has 1 aliphatic heterocycles. The fraction of sp³-hybridized carbons (Fsp3) is 0.538. The zero-order chi connectivity index (χ0) is 17.1. The maximum absolute atomic E-state index is 13.5. The number of hydrogen-bond donors (Lipinski definition) is 1. The number of rotatable bonds is 5. The summed E-state index contributed by atoms with van der Waals surface area (Å²) in [4.78, 5) is 23.6. The van der Waals surface area contributed by atoms with Gasteiger partial charge in [0.05, 0.1) is 22.2 Å². The van der Waals surface area contributed by atoms with E-state index < -0.39 is 29.6 Å². The first kappa shape index (κ1) is 18.5. The number of halogens is 4. The van der Waals surface area contributed by atoms with Crippen LogP contribution >= 0.6 is 35.1 Å². The molecule has 0 spiro atoms. The highest BCUT2D eigenvalue weighted by molar-refractivity contribution is 8.06. The van der Waals surface area contributed by atoms with Gasteiger partial charge in [-0.15, -0.1) is 23.4 Å². The number of anilines is 1. The molecule has 128 valence electrons. The molecule has 1 fully saturated rings. The van der Waals surface area contributed by atoms with Gasteiger partial charge in [0.15, 0.2) is 5.82 Å². The predicted molar refractivity (Wildman–Crippen MR) is 88.2 cm³/mol. The maximum Gasteiger partial charge on any atom is 0.286 e. The first-order valence-electron chi connectivity index (χ1n) is 6.63. The Bertz CT molecular complexity index is 644. The summed E-state index contributed by atoms with van der Waals surface area (Å²) in [6, 6.07) is 0.825. The van der Waals surface area contributed by atoms with E-state index in [1.807, 2.05) is 6.26 Å². The lowest BCUT2D eigenvalue weighted by molar-refractivity contribution is -0.115. The summed E-state index contributed by atoms with van der Waals surface area (Å²) < 4.78 is 38.7. The topological polar surface area (TPSA) is 51.1 Å². The second-order valence-corrected chi connectivity index (χ2v) is 8.06. The lowest BCUT2D eigenvalue weighted by Crippen LogP contribution is -2.28. The SMILES string of the molecule is CSC1CC(C(=O)Nc2cc(F)c(=O)n(CC(F)F)c2)SC1Cl. The molecule has 0 aliphatic carbocycles. The summed E-state index contributed by atoms with van der Waals surface area (Å²) in [6.45, 7) is -0.935. The minimum atomic E-state index is -2.80. The van der Waals surface area contributed by atoms with Crippen molar-refractivity contribution in [2.75, 3.05) is 11.6 Å². The Hall–Kier alpha value is -0.800. The van der Waals surface area contributed by atoms with Gasteiger partial charge in [-0.3, -0.25) is 9.59 Å². The second kappa shape index (κ2) is 7.85. The second-order valence-electron chi connectivity index (χ2n) is 4.90. The standard InChI is InChI=1S/C13H14ClF3N2O2S2/c1-22-8-3-9(23-11(8)14)12(20)18-6-2-7(15)13(21)19(4-6)5-10(16)17/h2,4,8-11H,3,5H2,1H3,(H,18,20). The number of aromatic nitrogens is 1. The lowest BCUT2D eigenvalue weighted by Gasteiger charge is -2.12. The number of alkyl halides is 3. The Labute approximate surface area is 144 Å². The molecule has 0 aromatic carbocycles. The van der Waals surface area contributed by atoms with Crippen LogP contribution in [0.25, 0.3) is 0 Å². The number of carbonyl (C=O) groups is 1. The Balaban J connectivity index is 2.12. The van der Waals surface area contributed by atoms with Gasteiger partial charge in [0, 0.05) is 17.5 Å². The summed E-state index contributed by atoms with van der Waals surface area (Å²) in [5.41, 5.74) is -1.19. The zero-order valence-corrected chi connectivity index (χ0v) is 14.4. The molecule has 1 saturated heterocycles. The molecule has 1 N–H and O–H groups in total. The molecule has 1 amide bonds. The third-order valence-corrected chi connectivity index (χ3v) is 6.60. The van der Waals surface area contributed by atoms with Crippen LogP contribution in [0.2, 0.25) is 0 Å². The minimum absolute atomic E-state index is 0.0351. The van der Waals surface area contributed by atoms with Crippen molar-refractivity contribution < 1.29 is 18.0 Å². The van der Waals surface area contributed by atoms with Crippen molar-refractivity contribution in [1.29, 1.82) is 0 Å². The van der Waals surface area contributed by atoms with Crippen molar-refractivity contribution in [3.05, 3.63) is 28.4 Å². The summed E-state index contributed by atoms with van der Waals surface area (Å²) in [5.74, 6) is -1.58. The fourth-order valence-electron chi connectivity index (χ4n) is 2.16. The molecule has 10 heteroatoms. The van der Waals surface area contributed by atoms with Crippen LogP contribution in [0.1, 0.15) is 6.42 Å². The Kier molecular flexibility index (Phi) is 6.33. The number of amides is 1. The van der Waals surface area contributed by atoms with E-state index in [0.717, 1.165) is 12.3 Å². The van der Waals surface area contributed by atoms with Crippen LogP contribution in [0, 0.1) is 5.82 Å². The van der Waals surface area contributed by atoms with Crippen LogP contribution in [0.15, 0.2) is 17.1 Å². The molecule has 1 aromatic rings. The van der Waals surface area contributed by atoms with Crippen molar-refractivity contribution in [1.82, 2.24) is 4.57 Å². The van der Waals surface area contributed by atoms with Crippen LogP contribution in [0.3, 0.4) is 0 Å². The number of nitrogens with zero attached hydrogens (tertiary/aromatic N) is 1. The zero-order valence-electron chi connectivity index (χ0n) is 12.0. The normalized spacial score (nSPS) is 24.2. The van der Waals surface area contributed by atoms with Gasteiger partial charge >= 0.3 is 0 Å². The van der Waals surface area contributed by atoms with Crippen LogP contribution in [-0.4, -0.2) is 38.4 Å². The Morgan fingerprint density at radius 3 is 2.87 bits per heavy atom. The average Bonchev–Trinajstić information content (AvgIpc) is 2.85. The smallest absolute Gasteiger partial charge is 0.286 e. The van der Waals surface area contributed by atoms with Gasteiger partial charge in [-0.05, 0) is 12.7 Å². The molecule has 0 saturated carbocycles. The average molecular weight is 387 g/mol. The molecule has 1 aliphatic rings. The predicted octanol–water partition coefficient (Wildman–Crippen LogP) is 2.99. The summed E-state index contributed by atoms with van der Waals surface area (Å²) in [7, 11) is 0. The highest BCUT2D eigenvalue weighted by Gasteiger charge is 2.37. The Morgan fingerprint density at radius 1 is 1.61 bits per heavy atom. The third-order valence-electron chi connectivity index (χ3n) is 3.27. The van der Waals surface area contributed by atoms with Gasteiger partial charge in [0.1, 0.15) is 0 Å². The monoisotopic (exact) mass is 386 g/mol. The third kappa shape index (κ3) is 4.60. The highest BCUT2D eigenvalue weighted by atomic mass is 35.5. The molecule has 3 atom stereocenters. The molecule has 23 heavy (non-hydrogen) atoms. The highest BCUT2D eigenvalue weighted by Crippen LogP contribution is 2.42. The molecular weight excluding hydrogens is 373 g/mol. The molecule has 0 bridgehead atoms. The lowest BCUT2D eigenvalue weighted by atomic mass is 10.2. The van der Waals surface area contributed by atoms with Crippen LogP contribution in [-0.2, 0) is 11.3 Å². The van der Waals surface area contributed by atoms with E-state index in [0.29, 0.717) is 11.0 Å². The van der Waals surface area contributed by atoms with E-state index in [1.165, 1.54) is 11.8 Å². The molecule has 0 radical (unpaired) electrons. The first-order chi connectivity index (χ1) is 10.8. The van der Waals surface area contributed by atoms with Gasteiger partial charge in [-0.1, -0.05) is 0 Å². The van der Waals surface area contributed by atoms with E-state index >= 15 is 0 Å². The summed E-state index contributed by atoms with van der Waals surface area (Å²) in [6.07, 6.45) is 0.670. The van der Waals surface area contributed by atoms with Gasteiger partial charge in [-0.2, -0.15) is 11.8 Å². The molecule has 2 heterocycles. The number of thioether (sulfide) groups is 2. The van der Waals surface area contributed by atoms with Crippen molar-refractivity contribution in [2.24, 2.45) is 0 Å². The van der Waals surface area contributed by atoms with E-state index in [-0.39, 0.29) is 21.6 Å². The van der Waals surface area contributed by atoms with Gasteiger partial charge in [0.2, 0.25) is 5.91 Å². The van der Waals surface area contributed by atoms with Crippen LogP contribution in [0.5, 0.6) is 0 Å². The molecule has 1 aromatic heterocycles. The van der Waals surface area contributed by atoms with Gasteiger partial charge < -0.3 is 9.88 Å². The van der Waals surface area contributed by atoms with Crippen molar-refractivity contribution >= 4 is 46.7 Å². The first-order valence-corrected chi connectivity index (χ1v) is 9.30. The number of carbonyl (C=O) groups excluding carboxylic acids is 1.